The fourth-order valence-corrected chi connectivity index (χ4v) is 3.19. The molecule has 0 aliphatic carbocycles. The van der Waals surface area contributed by atoms with Crippen LogP contribution in [0, 0.1) is 0 Å². The van der Waals surface area contributed by atoms with Crippen molar-refractivity contribution in [2.75, 3.05) is 13.1 Å². The van der Waals surface area contributed by atoms with Crippen LogP contribution in [0.5, 0.6) is 0 Å². The van der Waals surface area contributed by atoms with Gasteiger partial charge in [0, 0.05) is 48.4 Å². The number of nitrogens with zero attached hydrogens (tertiary/aromatic N) is 2. The number of hydrogen-bond donors (Lipinski definition) is 2. The van der Waals surface area contributed by atoms with Gasteiger partial charge >= 0.3 is 0 Å². The summed E-state index contributed by atoms with van der Waals surface area (Å²) in [6, 6.07) is 0.600. The lowest BCUT2D eigenvalue weighted by molar-refractivity contribution is 0.378. The zero-order valence-corrected chi connectivity index (χ0v) is 15.9. The van der Waals surface area contributed by atoms with Gasteiger partial charge < -0.3 is 10.6 Å². The Morgan fingerprint density at radius 2 is 1.09 bits per heavy atom. The van der Waals surface area contributed by atoms with Crippen LogP contribution in [-0.2, 0) is 0 Å². The predicted octanol–water partition coefficient (Wildman–Crippen LogP) is 3.22. The van der Waals surface area contributed by atoms with Crippen molar-refractivity contribution in [3.8, 4) is 0 Å². The van der Waals surface area contributed by atoms with E-state index in [0.29, 0.717) is 12.1 Å². The monoisotopic (exact) mass is 308 g/mol. The summed E-state index contributed by atoms with van der Waals surface area (Å²) in [5, 5.41) is 7.29. The number of rotatable bonds is 0. The minimum absolute atomic E-state index is 0.0573. The van der Waals surface area contributed by atoms with Crippen molar-refractivity contribution >= 4 is 11.4 Å². The molecule has 0 bridgehead atoms. The van der Waals surface area contributed by atoms with Gasteiger partial charge in [-0.2, -0.15) is 0 Å². The Bertz CT molecular complexity index is 381. The fourth-order valence-electron chi connectivity index (χ4n) is 3.19. The molecule has 0 spiro atoms. The normalized spacial score (nSPS) is 35.6. The molecule has 0 fully saturated rings. The molecular weight excluding hydrogens is 272 g/mol. The first kappa shape index (κ1) is 19.3. The zero-order valence-electron chi connectivity index (χ0n) is 15.9. The van der Waals surface area contributed by atoms with Crippen molar-refractivity contribution < 1.29 is 0 Å². The summed E-state index contributed by atoms with van der Waals surface area (Å²) in [6.45, 7) is 19.4. The van der Waals surface area contributed by atoms with E-state index in [0.717, 1.165) is 25.9 Å². The molecule has 0 saturated carbocycles. The summed E-state index contributed by atoms with van der Waals surface area (Å²) >= 11 is 0. The Hall–Kier alpha value is -0.740. The standard InChI is InChI=1S/C18H36N4/c1-13-9-17(5,6)19-12-16(4)22-14(2)10-18(7,8)20-11-15(3)21-13/h15-16,19-20H,9-12H2,1-8H3/b21-13+,22-14+. The molecule has 22 heavy (non-hydrogen) atoms. The van der Waals surface area contributed by atoms with Crippen molar-refractivity contribution in [1.29, 1.82) is 0 Å². The van der Waals surface area contributed by atoms with Gasteiger partial charge in [0.1, 0.15) is 0 Å². The lowest BCUT2D eigenvalue weighted by Crippen LogP contribution is -2.46. The summed E-state index contributed by atoms with van der Waals surface area (Å²) in [6.07, 6.45) is 1.94. The van der Waals surface area contributed by atoms with E-state index in [1.165, 1.54) is 11.4 Å². The highest BCUT2D eigenvalue weighted by atomic mass is 15.0. The number of aliphatic imine (C=N–C) groups is 2. The van der Waals surface area contributed by atoms with Crippen LogP contribution < -0.4 is 10.6 Å². The van der Waals surface area contributed by atoms with Gasteiger partial charge in [-0.05, 0) is 55.4 Å². The van der Waals surface area contributed by atoms with Crippen molar-refractivity contribution in [2.45, 2.75) is 91.4 Å². The van der Waals surface area contributed by atoms with Crippen LogP contribution in [0.3, 0.4) is 0 Å². The molecule has 0 radical (unpaired) electrons. The van der Waals surface area contributed by atoms with E-state index in [2.05, 4.69) is 66.0 Å². The van der Waals surface area contributed by atoms with Crippen LogP contribution in [0.2, 0.25) is 0 Å². The lowest BCUT2D eigenvalue weighted by atomic mass is 9.96. The molecule has 128 valence electrons. The highest BCUT2D eigenvalue weighted by molar-refractivity contribution is 5.83. The third-order valence-electron chi connectivity index (χ3n) is 4.03. The Morgan fingerprint density at radius 3 is 1.41 bits per heavy atom. The first-order valence-electron chi connectivity index (χ1n) is 8.56. The van der Waals surface area contributed by atoms with Crippen molar-refractivity contribution in [1.82, 2.24) is 10.6 Å². The molecule has 1 heterocycles. The highest BCUT2D eigenvalue weighted by Gasteiger charge is 2.22. The minimum atomic E-state index is 0.0573. The summed E-state index contributed by atoms with van der Waals surface area (Å²) in [5.74, 6) is 0. The molecule has 2 unspecified atom stereocenters. The molecule has 0 saturated heterocycles. The summed E-state index contributed by atoms with van der Waals surface area (Å²) in [5.41, 5.74) is 2.55. The molecule has 2 N–H and O–H groups in total. The highest BCUT2D eigenvalue weighted by Crippen LogP contribution is 2.14. The van der Waals surface area contributed by atoms with Crippen LogP contribution in [0.25, 0.3) is 0 Å². The fraction of sp³-hybridized carbons (Fsp3) is 0.889. The van der Waals surface area contributed by atoms with Gasteiger partial charge in [-0.25, -0.2) is 0 Å². The molecule has 0 aromatic heterocycles. The SMILES string of the molecule is C/C1=N\C(C)CNC(C)(C)C/C(C)=N/C(C)CNC(C)(C)C1. The van der Waals surface area contributed by atoms with Crippen molar-refractivity contribution in [3.63, 3.8) is 0 Å². The minimum Gasteiger partial charge on any atom is -0.309 e. The van der Waals surface area contributed by atoms with Crippen LogP contribution in [0.4, 0.5) is 0 Å². The molecule has 0 aromatic rings. The third kappa shape index (κ3) is 7.50. The number of nitrogens with one attached hydrogen (secondary N) is 2. The second kappa shape index (κ2) is 7.69. The Balaban J connectivity index is 2.93. The Labute approximate surface area is 137 Å². The summed E-state index contributed by atoms with van der Waals surface area (Å²) < 4.78 is 0. The average Bonchev–Trinajstić information content (AvgIpc) is 2.31. The molecule has 4 nitrogen and oxygen atoms in total. The van der Waals surface area contributed by atoms with Crippen molar-refractivity contribution in [2.24, 2.45) is 9.98 Å². The van der Waals surface area contributed by atoms with Gasteiger partial charge in [0.2, 0.25) is 0 Å². The Morgan fingerprint density at radius 1 is 0.773 bits per heavy atom. The average molecular weight is 309 g/mol. The first-order chi connectivity index (χ1) is 9.99. The van der Waals surface area contributed by atoms with E-state index < -0.39 is 0 Å². The van der Waals surface area contributed by atoms with Gasteiger partial charge in [-0.15, -0.1) is 0 Å². The number of hydrogen-bond acceptors (Lipinski definition) is 4. The molecule has 0 aromatic carbocycles. The van der Waals surface area contributed by atoms with Gasteiger partial charge in [0.05, 0.1) is 12.1 Å². The molecule has 4 heteroatoms. The summed E-state index contributed by atoms with van der Waals surface area (Å²) in [7, 11) is 0. The third-order valence-corrected chi connectivity index (χ3v) is 4.03. The van der Waals surface area contributed by atoms with Gasteiger partial charge in [-0.3, -0.25) is 9.98 Å². The topological polar surface area (TPSA) is 48.8 Å². The lowest BCUT2D eigenvalue weighted by Gasteiger charge is -2.30. The molecule has 2 atom stereocenters. The molecule has 1 rings (SSSR count). The second-order valence-corrected chi connectivity index (χ2v) is 8.31. The quantitative estimate of drug-likeness (QED) is 0.722. The van der Waals surface area contributed by atoms with Crippen LogP contribution >= 0.6 is 0 Å². The van der Waals surface area contributed by atoms with E-state index in [1.807, 2.05) is 0 Å². The summed E-state index contributed by atoms with van der Waals surface area (Å²) in [4.78, 5) is 9.70. The smallest absolute Gasteiger partial charge is 0.0595 e. The maximum absolute atomic E-state index is 4.85. The van der Waals surface area contributed by atoms with E-state index in [9.17, 15) is 0 Å². The predicted molar refractivity (Wildman–Crippen MR) is 98.5 cm³/mol. The van der Waals surface area contributed by atoms with Gasteiger partial charge in [0.25, 0.3) is 0 Å². The molecule has 1 aliphatic heterocycles. The first-order valence-corrected chi connectivity index (χ1v) is 8.56. The maximum atomic E-state index is 4.85. The van der Waals surface area contributed by atoms with E-state index >= 15 is 0 Å². The molecule has 0 amide bonds. The van der Waals surface area contributed by atoms with Crippen molar-refractivity contribution in [3.05, 3.63) is 0 Å². The van der Waals surface area contributed by atoms with E-state index in [1.54, 1.807) is 0 Å². The maximum Gasteiger partial charge on any atom is 0.0595 e. The molecular formula is C18H36N4. The second-order valence-electron chi connectivity index (χ2n) is 8.31. The van der Waals surface area contributed by atoms with E-state index in [4.69, 9.17) is 9.98 Å². The van der Waals surface area contributed by atoms with Crippen LogP contribution in [0.1, 0.15) is 68.2 Å². The Kier molecular flexibility index (Phi) is 6.75. The largest absolute Gasteiger partial charge is 0.309 e. The van der Waals surface area contributed by atoms with E-state index in [-0.39, 0.29) is 11.1 Å². The zero-order chi connectivity index (χ0) is 17.0. The van der Waals surface area contributed by atoms with Gasteiger partial charge in [0.15, 0.2) is 0 Å². The van der Waals surface area contributed by atoms with Crippen LogP contribution in [0.15, 0.2) is 9.98 Å². The van der Waals surface area contributed by atoms with Gasteiger partial charge in [-0.1, -0.05) is 0 Å². The van der Waals surface area contributed by atoms with Crippen LogP contribution in [-0.4, -0.2) is 47.7 Å². The molecule has 1 aliphatic rings.